The first-order chi connectivity index (χ1) is 9.77. The molecule has 0 aromatic carbocycles. The third-order valence-electron chi connectivity index (χ3n) is 3.27. The van der Waals surface area contributed by atoms with Crippen LogP contribution < -0.4 is 10.1 Å². The maximum atomic E-state index is 5.45. The lowest BCUT2D eigenvalue weighted by molar-refractivity contribution is 0.399. The van der Waals surface area contributed by atoms with E-state index in [0.717, 1.165) is 30.0 Å². The minimum Gasteiger partial charge on any atom is -0.495 e. The third-order valence-corrected chi connectivity index (χ3v) is 3.27. The number of rotatable bonds is 6. The van der Waals surface area contributed by atoms with Crippen molar-refractivity contribution in [1.82, 2.24) is 15.3 Å². The molecule has 1 unspecified atom stereocenters. The number of aryl methyl sites for hydroxylation is 1. The van der Waals surface area contributed by atoms with Gasteiger partial charge in [0.15, 0.2) is 0 Å². The van der Waals surface area contributed by atoms with Gasteiger partial charge in [0.2, 0.25) is 0 Å². The standard InChI is InChI=1S/C16H21N3O/c1-4-8-18-15(13-7-10-17-11-12(13)2)16-14(20-3)6-5-9-19-16/h5-7,9-11,15,18H,4,8H2,1-3H3. The fourth-order valence-corrected chi connectivity index (χ4v) is 2.24. The van der Waals surface area contributed by atoms with Gasteiger partial charge in [-0.3, -0.25) is 9.97 Å². The molecule has 0 bridgehead atoms. The molecule has 1 N–H and O–H groups in total. The van der Waals surface area contributed by atoms with Crippen molar-refractivity contribution in [3.05, 3.63) is 53.6 Å². The Hall–Kier alpha value is -1.94. The Balaban J connectivity index is 2.44. The zero-order chi connectivity index (χ0) is 14.4. The van der Waals surface area contributed by atoms with Crippen LogP contribution in [0.1, 0.15) is 36.2 Å². The molecule has 4 nitrogen and oxygen atoms in total. The zero-order valence-corrected chi connectivity index (χ0v) is 12.3. The summed E-state index contributed by atoms with van der Waals surface area (Å²) in [5.74, 6) is 0.803. The predicted molar refractivity (Wildman–Crippen MR) is 79.9 cm³/mol. The van der Waals surface area contributed by atoms with E-state index in [4.69, 9.17) is 4.74 Å². The van der Waals surface area contributed by atoms with E-state index in [2.05, 4.69) is 29.1 Å². The number of hydrogen-bond donors (Lipinski definition) is 1. The van der Waals surface area contributed by atoms with Gasteiger partial charge in [0.25, 0.3) is 0 Å². The molecule has 106 valence electrons. The average molecular weight is 271 g/mol. The van der Waals surface area contributed by atoms with Gasteiger partial charge in [0.05, 0.1) is 13.2 Å². The highest BCUT2D eigenvalue weighted by atomic mass is 16.5. The molecule has 0 saturated carbocycles. The van der Waals surface area contributed by atoms with Crippen LogP contribution in [0.3, 0.4) is 0 Å². The Morgan fingerprint density at radius 3 is 2.85 bits per heavy atom. The minimum atomic E-state index is 0.0223. The molecular formula is C16H21N3O. The second-order valence-corrected chi connectivity index (χ2v) is 4.71. The number of nitrogens with one attached hydrogen (secondary N) is 1. The van der Waals surface area contributed by atoms with Crippen LogP contribution in [0.25, 0.3) is 0 Å². The van der Waals surface area contributed by atoms with E-state index in [0.29, 0.717) is 0 Å². The van der Waals surface area contributed by atoms with Crippen molar-refractivity contribution in [2.45, 2.75) is 26.3 Å². The van der Waals surface area contributed by atoms with Crippen LogP contribution in [0.4, 0.5) is 0 Å². The van der Waals surface area contributed by atoms with Crippen molar-refractivity contribution in [1.29, 1.82) is 0 Å². The van der Waals surface area contributed by atoms with Gasteiger partial charge < -0.3 is 10.1 Å². The van der Waals surface area contributed by atoms with Crippen LogP contribution in [0, 0.1) is 6.92 Å². The molecule has 0 fully saturated rings. The second kappa shape index (κ2) is 7.01. The minimum absolute atomic E-state index is 0.0223. The van der Waals surface area contributed by atoms with E-state index in [1.807, 2.05) is 30.6 Å². The first kappa shape index (κ1) is 14.5. The topological polar surface area (TPSA) is 47.0 Å². The van der Waals surface area contributed by atoms with Crippen LogP contribution in [-0.2, 0) is 0 Å². The van der Waals surface area contributed by atoms with Gasteiger partial charge >= 0.3 is 0 Å². The molecule has 2 rings (SSSR count). The second-order valence-electron chi connectivity index (χ2n) is 4.71. The maximum Gasteiger partial charge on any atom is 0.142 e. The summed E-state index contributed by atoms with van der Waals surface area (Å²) in [4.78, 5) is 8.68. The Morgan fingerprint density at radius 1 is 1.30 bits per heavy atom. The molecule has 2 aromatic heterocycles. The van der Waals surface area contributed by atoms with Gasteiger partial charge in [-0.1, -0.05) is 6.92 Å². The van der Waals surface area contributed by atoms with Crippen molar-refractivity contribution in [3.63, 3.8) is 0 Å². The Morgan fingerprint density at radius 2 is 2.15 bits per heavy atom. The highest BCUT2D eigenvalue weighted by Gasteiger charge is 2.20. The number of aromatic nitrogens is 2. The van der Waals surface area contributed by atoms with Crippen LogP contribution in [0.5, 0.6) is 5.75 Å². The van der Waals surface area contributed by atoms with Crippen molar-refractivity contribution in [2.75, 3.05) is 13.7 Å². The number of hydrogen-bond acceptors (Lipinski definition) is 4. The van der Waals surface area contributed by atoms with Crippen LogP contribution in [-0.4, -0.2) is 23.6 Å². The summed E-state index contributed by atoms with van der Waals surface area (Å²) in [5, 5.41) is 3.55. The van der Waals surface area contributed by atoms with Gasteiger partial charge in [-0.05, 0) is 49.2 Å². The number of nitrogens with zero attached hydrogens (tertiary/aromatic N) is 2. The van der Waals surface area contributed by atoms with Crippen molar-refractivity contribution in [2.24, 2.45) is 0 Å². The molecule has 0 aliphatic carbocycles. The Kier molecular flexibility index (Phi) is 5.07. The summed E-state index contributed by atoms with van der Waals surface area (Å²) < 4.78 is 5.45. The molecule has 2 heterocycles. The summed E-state index contributed by atoms with van der Waals surface area (Å²) in [7, 11) is 1.68. The van der Waals surface area contributed by atoms with E-state index < -0.39 is 0 Å². The predicted octanol–water partition coefficient (Wildman–Crippen LogP) is 2.88. The van der Waals surface area contributed by atoms with Crippen molar-refractivity contribution >= 4 is 0 Å². The molecular weight excluding hydrogens is 250 g/mol. The quantitative estimate of drug-likeness (QED) is 0.877. The van der Waals surface area contributed by atoms with E-state index in [1.165, 1.54) is 5.56 Å². The summed E-state index contributed by atoms with van der Waals surface area (Å²) in [6.07, 6.45) is 6.56. The molecule has 2 aromatic rings. The van der Waals surface area contributed by atoms with Crippen LogP contribution in [0.2, 0.25) is 0 Å². The zero-order valence-electron chi connectivity index (χ0n) is 12.3. The molecule has 0 spiro atoms. The molecule has 1 atom stereocenters. The van der Waals surface area contributed by atoms with Gasteiger partial charge in [-0.25, -0.2) is 0 Å². The largest absolute Gasteiger partial charge is 0.495 e. The Labute approximate surface area is 120 Å². The fraction of sp³-hybridized carbons (Fsp3) is 0.375. The molecule has 0 radical (unpaired) electrons. The molecule has 0 saturated heterocycles. The van der Waals surface area contributed by atoms with Crippen LogP contribution in [0.15, 0.2) is 36.8 Å². The SMILES string of the molecule is CCCNC(c1ccncc1C)c1ncccc1OC. The average Bonchev–Trinajstić information content (AvgIpc) is 2.49. The van der Waals surface area contributed by atoms with E-state index in [-0.39, 0.29) is 6.04 Å². The number of ether oxygens (including phenoxy) is 1. The first-order valence-corrected chi connectivity index (χ1v) is 6.90. The molecule has 0 amide bonds. The first-order valence-electron chi connectivity index (χ1n) is 6.90. The normalized spacial score (nSPS) is 12.2. The van der Waals surface area contributed by atoms with Crippen LogP contribution >= 0.6 is 0 Å². The lowest BCUT2D eigenvalue weighted by Gasteiger charge is -2.21. The highest BCUT2D eigenvalue weighted by molar-refractivity contribution is 5.39. The molecule has 0 aliphatic rings. The summed E-state index contributed by atoms with van der Waals surface area (Å²) in [6.45, 7) is 5.14. The summed E-state index contributed by atoms with van der Waals surface area (Å²) in [5.41, 5.74) is 3.25. The summed E-state index contributed by atoms with van der Waals surface area (Å²) >= 11 is 0. The Bertz CT molecular complexity index is 557. The van der Waals surface area contributed by atoms with Gasteiger partial charge in [0, 0.05) is 18.6 Å². The third kappa shape index (κ3) is 3.14. The number of pyridine rings is 2. The maximum absolute atomic E-state index is 5.45. The lowest BCUT2D eigenvalue weighted by atomic mass is 9.99. The van der Waals surface area contributed by atoms with Gasteiger partial charge in [-0.2, -0.15) is 0 Å². The van der Waals surface area contributed by atoms with Crippen molar-refractivity contribution < 1.29 is 4.74 Å². The number of methoxy groups -OCH3 is 1. The van der Waals surface area contributed by atoms with Crippen molar-refractivity contribution in [3.8, 4) is 5.75 Å². The van der Waals surface area contributed by atoms with E-state index in [1.54, 1.807) is 13.3 Å². The summed E-state index contributed by atoms with van der Waals surface area (Å²) in [6, 6.07) is 5.89. The van der Waals surface area contributed by atoms with Gasteiger partial charge in [-0.15, -0.1) is 0 Å². The molecule has 4 heteroatoms. The molecule has 0 aliphatic heterocycles. The van der Waals surface area contributed by atoms with E-state index in [9.17, 15) is 0 Å². The smallest absolute Gasteiger partial charge is 0.142 e. The van der Waals surface area contributed by atoms with Gasteiger partial charge in [0.1, 0.15) is 11.4 Å². The highest BCUT2D eigenvalue weighted by Crippen LogP contribution is 2.29. The molecule has 20 heavy (non-hydrogen) atoms. The fourth-order valence-electron chi connectivity index (χ4n) is 2.24. The monoisotopic (exact) mass is 271 g/mol. The van der Waals surface area contributed by atoms with E-state index >= 15 is 0 Å². The lowest BCUT2D eigenvalue weighted by Crippen LogP contribution is -2.25.